The van der Waals surface area contributed by atoms with Crippen LogP contribution >= 0.6 is 36.4 Å². The summed E-state index contributed by atoms with van der Waals surface area (Å²) in [4.78, 5) is 4.29. The lowest BCUT2D eigenvalue weighted by atomic mass is 10.1. The molecule has 0 bridgehead atoms. The Labute approximate surface area is 117 Å². The standard InChI is InChI=1S/C11H11ClN2O.2ClH/c1-7-14-11(10(6-13)15-7)8-2-4-9(12)5-3-8;;/h2-5H,6,13H2,1H3;2*1H. The van der Waals surface area contributed by atoms with Gasteiger partial charge in [-0.15, -0.1) is 24.8 Å². The molecule has 1 aromatic heterocycles. The number of nitrogens with two attached hydrogens (primary N) is 1. The zero-order chi connectivity index (χ0) is 10.8. The van der Waals surface area contributed by atoms with Crippen molar-refractivity contribution in [1.82, 2.24) is 4.98 Å². The molecule has 1 aromatic carbocycles. The predicted octanol–water partition coefficient (Wildman–Crippen LogP) is 3.61. The quantitative estimate of drug-likeness (QED) is 0.921. The number of nitrogens with zero attached hydrogens (tertiary/aromatic N) is 1. The fraction of sp³-hybridized carbons (Fsp3) is 0.182. The first kappa shape index (κ1) is 16.3. The van der Waals surface area contributed by atoms with Crippen LogP contribution in [0, 0.1) is 6.92 Å². The van der Waals surface area contributed by atoms with Gasteiger partial charge in [0, 0.05) is 17.5 Å². The monoisotopic (exact) mass is 294 g/mol. The fourth-order valence-electron chi connectivity index (χ4n) is 1.44. The summed E-state index contributed by atoms with van der Waals surface area (Å²) in [6.07, 6.45) is 0. The molecule has 0 aliphatic rings. The molecular weight excluding hydrogens is 282 g/mol. The van der Waals surface area contributed by atoms with E-state index in [4.69, 9.17) is 21.8 Å². The van der Waals surface area contributed by atoms with E-state index in [0.717, 1.165) is 11.3 Å². The largest absolute Gasteiger partial charge is 0.444 e. The molecule has 0 radical (unpaired) electrons. The lowest BCUT2D eigenvalue weighted by Gasteiger charge is -1.98. The topological polar surface area (TPSA) is 52.0 Å². The minimum Gasteiger partial charge on any atom is -0.444 e. The molecule has 0 spiro atoms. The van der Waals surface area contributed by atoms with Gasteiger partial charge in [0.1, 0.15) is 11.5 Å². The number of aryl methyl sites for hydroxylation is 1. The number of halogens is 3. The average molecular weight is 296 g/mol. The third-order valence-corrected chi connectivity index (χ3v) is 2.36. The normalized spacial score (nSPS) is 9.35. The van der Waals surface area contributed by atoms with E-state index in [2.05, 4.69) is 4.98 Å². The molecule has 2 rings (SSSR count). The highest BCUT2D eigenvalue weighted by atomic mass is 35.5. The lowest BCUT2D eigenvalue weighted by molar-refractivity contribution is 0.477. The Balaban J connectivity index is 0.00000128. The summed E-state index contributed by atoms with van der Waals surface area (Å²) in [5, 5.41) is 0.702. The van der Waals surface area contributed by atoms with Crippen LogP contribution in [0.15, 0.2) is 28.7 Å². The highest BCUT2D eigenvalue weighted by molar-refractivity contribution is 6.30. The van der Waals surface area contributed by atoms with Crippen molar-refractivity contribution in [3.05, 3.63) is 40.9 Å². The van der Waals surface area contributed by atoms with E-state index in [-0.39, 0.29) is 24.8 Å². The van der Waals surface area contributed by atoms with E-state index < -0.39 is 0 Å². The van der Waals surface area contributed by atoms with Crippen molar-refractivity contribution >= 4 is 36.4 Å². The van der Waals surface area contributed by atoms with E-state index in [9.17, 15) is 0 Å². The molecule has 2 N–H and O–H groups in total. The van der Waals surface area contributed by atoms with Gasteiger partial charge < -0.3 is 10.2 Å². The van der Waals surface area contributed by atoms with Crippen molar-refractivity contribution in [3.63, 3.8) is 0 Å². The van der Waals surface area contributed by atoms with Crippen LogP contribution in [0.4, 0.5) is 0 Å². The maximum absolute atomic E-state index is 5.81. The van der Waals surface area contributed by atoms with Gasteiger partial charge >= 0.3 is 0 Å². The Morgan fingerprint density at radius 2 is 1.82 bits per heavy atom. The molecule has 0 aliphatic carbocycles. The summed E-state index contributed by atoms with van der Waals surface area (Å²) in [5.41, 5.74) is 7.34. The second-order valence-electron chi connectivity index (χ2n) is 3.22. The van der Waals surface area contributed by atoms with Crippen molar-refractivity contribution in [3.8, 4) is 11.3 Å². The molecule has 0 fully saturated rings. The van der Waals surface area contributed by atoms with E-state index in [1.807, 2.05) is 24.3 Å². The number of hydrogen-bond acceptors (Lipinski definition) is 3. The van der Waals surface area contributed by atoms with Gasteiger partial charge in [-0.25, -0.2) is 4.98 Å². The molecule has 2 aromatic rings. The Hall–Kier alpha value is -0.740. The summed E-state index contributed by atoms with van der Waals surface area (Å²) in [5.74, 6) is 1.33. The number of aromatic nitrogens is 1. The lowest BCUT2D eigenvalue weighted by Crippen LogP contribution is -1.96. The van der Waals surface area contributed by atoms with Crippen LogP contribution in [-0.4, -0.2) is 4.98 Å². The van der Waals surface area contributed by atoms with Crippen LogP contribution in [0.2, 0.25) is 5.02 Å². The molecule has 0 aliphatic heterocycles. The SMILES string of the molecule is Cc1nc(-c2ccc(Cl)cc2)c(CN)o1.Cl.Cl. The van der Waals surface area contributed by atoms with E-state index in [0.29, 0.717) is 23.2 Å². The zero-order valence-corrected chi connectivity index (χ0v) is 11.5. The number of rotatable bonds is 2. The van der Waals surface area contributed by atoms with Crippen LogP contribution in [0.5, 0.6) is 0 Å². The van der Waals surface area contributed by atoms with E-state index in [1.54, 1.807) is 6.92 Å². The van der Waals surface area contributed by atoms with Crippen molar-refractivity contribution in [2.75, 3.05) is 0 Å². The maximum atomic E-state index is 5.81. The summed E-state index contributed by atoms with van der Waals surface area (Å²) in [6.45, 7) is 2.15. The van der Waals surface area contributed by atoms with Crippen molar-refractivity contribution in [2.45, 2.75) is 13.5 Å². The van der Waals surface area contributed by atoms with E-state index in [1.165, 1.54) is 0 Å². The molecule has 0 saturated carbocycles. The van der Waals surface area contributed by atoms with Gasteiger partial charge in [-0.1, -0.05) is 23.7 Å². The van der Waals surface area contributed by atoms with Gasteiger partial charge in [0.15, 0.2) is 5.89 Å². The molecule has 0 unspecified atom stereocenters. The third kappa shape index (κ3) is 3.61. The van der Waals surface area contributed by atoms with Gasteiger partial charge in [-0.3, -0.25) is 0 Å². The molecule has 1 heterocycles. The second kappa shape index (κ2) is 6.87. The molecule has 3 nitrogen and oxygen atoms in total. The first-order valence-corrected chi connectivity index (χ1v) is 5.01. The minimum atomic E-state index is 0. The first-order chi connectivity index (χ1) is 7.20. The summed E-state index contributed by atoms with van der Waals surface area (Å²) in [7, 11) is 0. The molecule has 6 heteroatoms. The second-order valence-corrected chi connectivity index (χ2v) is 3.65. The number of hydrogen-bond donors (Lipinski definition) is 1. The van der Waals surface area contributed by atoms with Crippen LogP contribution < -0.4 is 5.73 Å². The van der Waals surface area contributed by atoms with Gasteiger partial charge in [-0.05, 0) is 12.1 Å². The average Bonchev–Trinajstić information content (AvgIpc) is 2.61. The Kier molecular flexibility index (Phi) is 6.57. The number of oxazole rings is 1. The predicted molar refractivity (Wildman–Crippen MR) is 74.1 cm³/mol. The molecule has 94 valence electrons. The molecule has 17 heavy (non-hydrogen) atoms. The van der Waals surface area contributed by atoms with E-state index >= 15 is 0 Å². The molecule has 0 atom stereocenters. The Bertz CT molecular complexity index is 468. The van der Waals surface area contributed by atoms with Gasteiger partial charge in [0.25, 0.3) is 0 Å². The fourth-order valence-corrected chi connectivity index (χ4v) is 1.57. The van der Waals surface area contributed by atoms with Crippen LogP contribution in [0.1, 0.15) is 11.7 Å². The molecule has 0 amide bonds. The Morgan fingerprint density at radius 3 is 2.35 bits per heavy atom. The van der Waals surface area contributed by atoms with Crippen LogP contribution in [0.25, 0.3) is 11.3 Å². The summed E-state index contributed by atoms with van der Waals surface area (Å²) < 4.78 is 5.38. The van der Waals surface area contributed by atoms with Crippen molar-refractivity contribution < 1.29 is 4.42 Å². The highest BCUT2D eigenvalue weighted by Gasteiger charge is 2.11. The first-order valence-electron chi connectivity index (χ1n) is 4.63. The maximum Gasteiger partial charge on any atom is 0.191 e. The minimum absolute atomic E-state index is 0. The van der Waals surface area contributed by atoms with Crippen molar-refractivity contribution in [1.29, 1.82) is 0 Å². The highest BCUT2D eigenvalue weighted by Crippen LogP contribution is 2.24. The summed E-state index contributed by atoms with van der Waals surface area (Å²) in [6, 6.07) is 7.44. The van der Waals surface area contributed by atoms with Gasteiger partial charge in [-0.2, -0.15) is 0 Å². The van der Waals surface area contributed by atoms with Gasteiger partial charge in [0.05, 0.1) is 6.54 Å². The smallest absolute Gasteiger partial charge is 0.191 e. The molecule has 0 saturated heterocycles. The van der Waals surface area contributed by atoms with Crippen molar-refractivity contribution in [2.24, 2.45) is 5.73 Å². The molecular formula is C11H13Cl3N2O. The summed E-state index contributed by atoms with van der Waals surface area (Å²) >= 11 is 5.81. The Morgan fingerprint density at radius 1 is 1.24 bits per heavy atom. The van der Waals surface area contributed by atoms with Crippen LogP contribution in [0.3, 0.4) is 0 Å². The zero-order valence-electron chi connectivity index (χ0n) is 9.14. The third-order valence-electron chi connectivity index (χ3n) is 2.11. The number of benzene rings is 1. The van der Waals surface area contributed by atoms with Gasteiger partial charge in [0.2, 0.25) is 0 Å². The van der Waals surface area contributed by atoms with Crippen LogP contribution in [-0.2, 0) is 6.54 Å².